The van der Waals surface area contributed by atoms with Gasteiger partial charge in [0, 0.05) is 59.0 Å². The molecular formula is C47H57N7O2+2. The number of rotatable bonds is 16. The van der Waals surface area contributed by atoms with E-state index in [1.807, 2.05) is 7.05 Å². The maximum Gasteiger partial charge on any atom is 0.119 e. The first-order valence-corrected chi connectivity index (χ1v) is 19.9. The number of fused-ring (bicyclic) bond motifs is 8. The molecule has 3 N–H and O–H groups in total. The van der Waals surface area contributed by atoms with Crippen molar-refractivity contribution < 1.29 is 18.4 Å². The van der Waals surface area contributed by atoms with Crippen molar-refractivity contribution >= 4 is 46.4 Å². The third kappa shape index (κ3) is 10.0. The second-order valence-electron chi connectivity index (χ2n) is 16.5. The highest BCUT2D eigenvalue weighted by Crippen LogP contribution is 2.33. The number of nitrogens with one attached hydrogen (secondary N) is 3. The Morgan fingerprint density at radius 3 is 1.48 bits per heavy atom. The molecule has 0 unspecified atom stereocenters. The van der Waals surface area contributed by atoms with Crippen LogP contribution >= 0.6 is 0 Å². The van der Waals surface area contributed by atoms with Gasteiger partial charge in [0.2, 0.25) is 0 Å². The lowest BCUT2D eigenvalue weighted by Crippen LogP contribution is -2.42. The molecule has 290 valence electrons. The van der Waals surface area contributed by atoms with Crippen molar-refractivity contribution in [2.24, 2.45) is 0 Å². The van der Waals surface area contributed by atoms with Crippen molar-refractivity contribution in [1.29, 1.82) is 0 Å². The molecule has 0 radical (unpaired) electrons. The molecule has 0 atom stereocenters. The van der Waals surface area contributed by atoms with E-state index in [2.05, 4.69) is 160 Å². The number of ether oxygens (including phenoxy) is 2. The Hall–Kier alpha value is -5.48. The van der Waals surface area contributed by atoms with Crippen LogP contribution in [0.25, 0.3) is 68.6 Å². The lowest BCUT2D eigenvalue weighted by atomic mass is 10.0. The molecule has 8 bridgehead atoms. The summed E-state index contributed by atoms with van der Waals surface area (Å²) in [6.45, 7) is 5.74. The van der Waals surface area contributed by atoms with Crippen molar-refractivity contribution in [3.8, 4) is 33.8 Å². The van der Waals surface area contributed by atoms with Gasteiger partial charge in [0.05, 0.1) is 90.9 Å². The number of nitrogens with zero attached hydrogens (tertiary/aromatic N) is 4. The van der Waals surface area contributed by atoms with E-state index in [9.17, 15) is 0 Å². The molecule has 7 rings (SSSR count). The van der Waals surface area contributed by atoms with E-state index in [0.29, 0.717) is 13.2 Å². The Morgan fingerprint density at radius 1 is 0.554 bits per heavy atom. The van der Waals surface area contributed by atoms with Crippen LogP contribution in [0.1, 0.15) is 42.0 Å². The zero-order chi connectivity index (χ0) is 39.1. The molecule has 56 heavy (non-hydrogen) atoms. The molecule has 9 nitrogen and oxygen atoms in total. The quantitative estimate of drug-likeness (QED) is 0.0679. The molecule has 9 heteroatoms. The van der Waals surface area contributed by atoms with E-state index < -0.39 is 0 Å². The number of benzene rings is 2. The topological polar surface area (TPSA) is 87.8 Å². The smallest absolute Gasteiger partial charge is 0.119 e. The molecule has 0 amide bonds. The van der Waals surface area contributed by atoms with Gasteiger partial charge in [0.25, 0.3) is 0 Å². The molecular weight excluding hydrogens is 695 g/mol. The van der Waals surface area contributed by atoms with E-state index in [4.69, 9.17) is 19.4 Å². The summed E-state index contributed by atoms with van der Waals surface area (Å²) in [5.41, 5.74) is 11.7. The van der Waals surface area contributed by atoms with Crippen molar-refractivity contribution in [3.63, 3.8) is 0 Å². The lowest BCUT2D eigenvalue weighted by Gasteiger charge is -2.29. The molecule has 0 saturated carbocycles. The average Bonchev–Trinajstić information content (AvgIpc) is 4.00. The van der Waals surface area contributed by atoms with Crippen LogP contribution < -0.4 is 14.8 Å². The summed E-state index contributed by atoms with van der Waals surface area (Å²) in [6.07, 6.45) is 11.5. The normalized spacial score (nSPS) is 12.7. The Kier molecular flexibility index (Phi) is 11.9. The maximum absolute atomic E-state index is 6.20. The van der Waals surface area contributed by atoms with Crippen LogP contribution in [0.4, 0.5) is 0 Å². The Balaban J connectivity index is 1.18. The number of aromatic nitrogens is 4. The summed E-state index contributed by atoms with van der Waals surface area (Å²) in [4.78, 5) is 17.6. The summed E-state index contributed by atoms with van der Waals surface area (Å²) in [7, 11) is 13.2. The van der Waals surface area contributed by atoms with E-state index >= 15 is 0 Å². The number of H-pyrrole nitrogens is 2. The fraction of sp³-hybridized carbons (Fsp3) is 0.319. The van der Waals surface area contributed by atoms with Gasteiger partial charge in [0.15, 0.2) is 0 Å². The van der Waals surface area contributed by atoms with Gasteiger partial charge in [-0.3, -0.25) is 0 Å². The second kappa shape index (κ2) is 17.1. The van der Waals surface area contributed by atoms with Crippen molar-refractivity contribution in [2.75, 3.05) is 81.7 Å². The molecule has 2 aromatic carbocycles. The van der Waals surface area contributed by atoms with Gasteiger partial charge in [-0.2, -0.15) is 0 Å². The SMILES string of the molecule is CNCCC[N+](C)(C)CCCOc1ccc(-c2c3nc(cc4ccc([nH]4)c(-c4ccc(OCCC[N+](C)(C)C)cc4)c4nc(cc5ccc2[nH]5)C=C4)C=C3)cc1. The van der Waals surface area contributed by atoms with Crippen LogP contribution in [0.5, 0.6) is 11.5 Å². The molecule has 3 aromatic heterocycles. The first-order valence-electron chi connectivity index (χ1n) is 19.9. The van der Waals surface area contributed by atoms with Gasteiger partial charge in [-0.25, -0.2) is 9.97 Å². The second-order valence-corrected chi connectivity index (χ2v) is 16.5. The van der Waals surface area contributed by atoms with E-state index in [1.165, 1.54) is 6.42 Å². The predicted molar refractivity (Wildman–Crippen MR) is 233 cm³/mol. The molecule has 0 saturated heterocycles. The summed E-state index contributed by atoms with van der Waals surface area (Å²) >= 11 is 0. The number of aromatic amines is 2. The molecule has 2 aliphatic rings. The third-order valence-corrected chi connectivity index (χ3v) is 10.3. The zero-order valence-electron chi connectivity index (χ0n) is 33.9. The monoisotopic (exact) mass is 751 g/mol. The van der Waals surface area contributed by atoms with Gasteiger partial charge in [-0.15, -0.1) is 0 Å². The molecule has 2 aliphatic heterocycles. The maximum atomic E-state index is 6.20. The van der Waals surface area contributed by atoms with Crippen LogP contribution in [0, 0.1) is 0 Å². The molecule has 5 heterocycles. The first kappa shape index (κ1) is 38.8. The van der Waals surface area contributed by atoms with Gasteiger partial charge in [0.1, 0.15) is 11.5 Å². The average molecular weight is 752 g/mol. The third-order valence-electron chi connectivity index (χ3n) is 10.3. The standard InChI is InChI=1S/C47H57N7O2/c1-48-26-7-28-54(5,6)29-9-31-56-41-20-12-35(13-21-41)47-44-24-16-38(51-44)32-36-14-22-42(49-36)46(43-23-15-37(50-43)33-39-17-25-45(47)52-39)34-10-18-40(19-11-34)55-30-8-27-53(2,3)4/h10-25,32-33,48-49,52H,7-9,26-31H2,1-6H3/q+2. The van der Waals surface area contributed by atoms with Crippen LogP contribution in [-0.2, 0) is 0 Å². The first-order chi connectivity index (χ1) is 27.0. The molecule has 0 aliphatic carbocycles. The van der Waals surface area contributed by atoms with Crippen LogP contribution in [0.3, 0.4) is 0 Å². The molecule has 5 aromatic rings. The van der Waals surface area contributed by atoms with E-state index in [0.717, 1.165) is 127 Å². The lowest BCUT2D eigenvalue weighted by molar-refractivity contribution is -0.890. The molecule has 0 fully saturated rings. The van der Waals surface area contributed by atoms with Crippen molar-refractivity contribution in [1.82, 2.24) is 25.3 Å². The number of quaternary nitrogens is 2. The van der Waals surface area contributed by atoms with Gasteiger partial charge in [-0.1, -0.05) is 24.3 Å². The van der Waals surface area contributed by atoms with Crippen LogP contribution in [0.2, 0.25) is 0 Å². The summed E-state index contributed by atoms with van der Waals surface area (Å²) in [5, 5.41) is 3.25. The van der Waals surface area contributed by atoms with E-state index in [-0.39, 0.29) is 0 Å². The minimum atomic E-state index is 0.694. The van der Waals surface area contributed by atoms with Crippen molar-refractivity contribution in [2.45, 2.75) is 19.3 Å². The Bertz CT molecular complexity index is 2340. The van der Waals surface area contributed by atoms with Gasteiger partial charge >= 0.3 is 0 Å². The zero-order valence-corrected chi connectivity index (χ0v) is 33.9. The largest absolute Gasteiger partial charge is 0.493 e. The number of hydrogen-bond acceptors (Lipinski definition) is 5. The van der Waals surface area contributed by atoms with E-state index in [1.54, 1.807) is 0 Å². The Morgan fingerprint density at radius 2 is 1.02 bits per heavy atom. The fourth-order valence-electron chi connectivity index (χ4n) is 7.32. The van der Waals surface area contributed by atoms with Crippen LogP contribution in [0.15, 0.2) is 84.9 Å². The molecule has 0 spiro atoms. The Labute approximate surface area is 331 Å². The van der Waals surface area contributed by atoms with Crippen LogP contribution in [-0.4, -0.2) is 111 Å². The summed E-state index contributed by atoms with van der Waals surface area (Å²) in [5.74, 6) is 1.75. The highest BCUT2D eigenvalue weighted by molar-refractivity contribution is 5.93. The highest BCUT2D eigenvalue weighted by Gasteiger charge is 2.16. The van der Waals surface area contributed by atoms with Crippen molar-refractivity contribution in [3.05, 3.63) is 108 Å². The number of hydrogen-bond donors (Lipinski definition) is 3. The van der Waals surface area contributed by atoms with Gasteiger partial charge in [-0.05, 0) is 103 Å². The highest BCUT2D eigenvalue weighted by atomic mass is 16.5. The summed E-state index contributed by atoms with van der Waals surface area (Å²) in [6, 6.07) is 29.4. The van der Waals surface area contributed by atoms with Gasteiger partial charge < -0.3 is 33.7 Å². The fourth-order valence-corrected chi connectivity index (χ4v) is 7.32. The minimum absolute atomic E-state index is 0.694. The summed E-state index contributed by atoms with van der Waals surface area (Å²) < 4.78 is 14.2. The minimum Gasteiger partial charge on any atom is -0.493 e. The predicted octanol–water partition coefficient (Wildman–Crippen LogP) is 8.92.